The molecule has 20 heavy (non-hydrogen) atoms. The van der Waals surface area contributed by atoms with Crippen LogP contribution in [0, 0.1) is 5.82 Å². The molecule has 0 bridgehead atoms. The largest absolute Gasteiger partial charge is 0.381 e. The van der Waals surface area contributed by atoms with Crippen LogP contribution in [0.3, 0.4) is 0 Å². The van der Waals surface area contributed by atoms with Crippen LogP contribution in [0.4, 0.5) is 10.1 Å². The van der Waals surface area contributed by atoms with Crippen molar-refractivity contribution in [2.24, 2.45) is 0 Å². The molecule has 2 aromatic carbocycles. The molecule has 0 aromatic heterocycles. The fourth-order valence-electron chi connectivity index (χ4n) is 2.82. The molecule has 0 aliphatic heterocycles. The van der Waals surface area contributed by atoms with Crippen LogP contribution >= 0.6 is 11.6 Å². The highest BCUT2D eigenvalue weighted by molar-refractivity contribution is 6.31. The fourth-order valence-corrected chi connectivity index (χ4v) is 3.02. The molecule has 0 saturated heterocycles. The van der Waals surface area contributed by atoms with Gasteiger partial charge in [0, 0.05) is 12.2 Å². The zero-order valence-electron chi connectivity index (χ0n) is 11.3. The van der Waals surface area contributed by atoms with Gasteiger partial charge in [-0.15, -0.1) is 0 Å². The number of rotatable bonds is 3. The van der Waals surface area contributed by atoms with Gasteiger partial charge >= 0.3 is 0 Å². The molecule has 0 heterocycles. The van der Waals surface area contributed by atoms with Crippen molar-refractivity contribution in [2.45, 2.75) is 32.2 Å². The molecule has 1 aliphatic rings. The summed E-state index contributed by atoms with van der Waals surface area (Å²) in [5.74, 6) is -0.360. The Morgan fingerprint density at radius 1 is 1.05 bits per heavy atom. The summed E-state index contributed by atoms with van der Waals surface area (Å²) in [6.07, 6.45) is 4.79. The summed E-state index contributed by atoms with van der Waals surface area (Å²) in [7, 11) is 0. The van der Waals surface area contributed by atoms with Gasteiger partial charge in [0.05, 0.1) is 5.02 Å². The minimum Gasteiger partial charge on any atom is -0.381 e. The van der Waals surface area contributed by atoms with Crippen molar-refractivity contribution in [2.75, 3.05) is 5.32 Å². The number of hydrogen-bond donors (Lipinski definition) is 1. The van der Waals surface area contributed by atoms with Crippen LogP contribution in [0.5, 0.6) is 0 Å². The maximum Gasteiger partial charge on any atom is 0.142 e. The average Bonchev–Trinajstić information content (AvgIpc) is 2.49. The molecule has 0 spiro atoms. The highest BCUT2D eigenvalue weighted by atomic mass is 35.5. The van der Waals surface area contributed by atoms with Crippen molar-refractivity contribution in [1.29, 1.82) is 0 Å². The van der Waals surface area contributed by atoms with Gasteiger partial charge in [0.2, 0.25) is 0 Å². The molecule has 1 aliphatic carbocycles. The topological polar surface area (TPSA) is 12.0 Å². The number of fused-ring (bicyclic) bond motifs is 1. The van der Waals surface area contributed by atoms with Crippen LogP contribution < -0.4 is 5.32 Å². The van der Waals surface area contributed by atoms with Crippen molar-refractivity contribution in [3.8, 4) is 0 Å². The Hall–Kier alpha value is -1.54. The van der Waals surface area contributed by atoms with Crippen LogP contribution in [-0.4, -0.2) is 0 Å². The van der Waals surface area contributed by atoms with E-state index in [9.17, 15) is 4.39 Å². The number of benzene rings is 2. The lowest BCUT2D eigenvalue weighted by Gasteiger charge is -2.20. The molecule has 0 saturated carbocycles. The fraction of sp³-hybridized carbons (Fsp3) is 0.294. The molecule has 2 aromatic rings. The number of anilines is 1. The standard InChI is InChI=1S/C17H17ClFN/c18-17-13(7-3-9-15(17)19)11-20-16-10-4-6-12-5-1-2-8-14(12)16/h3-4,6-7,9-10,20H,1-2,5,8,11H2. The van der Waals surface area contributed by atoms with E-state index in [-0.39, 0.29) is 10.8 Å². The number of aryl methyl sites for hydroxylation is 1. The normalized spacial score (nSPS) is 13.9. The van der Waals surface area contributed by atoms with E-state index in [1.165, 1.54) is 30.0 Å². The smallest absolute Gasteiger partial charge is 0.142 e. The number of nitrogens with one attached hydrogen (secondary N) is 1. The quantitative estimate of drug-likeness (QED) is 0.841. The van der Waals surface area contributed by atoms with Crippen molar-refractivity contribution in [3.63, 3.8) is 0 Å². The first-order valence-electron chi connectivity index (χ1n) is 7.03. The monoisotopic (exact) mass is 289 g/mol. The summed E-state index contributed by atoms with van der Waals surface area (Å²) < 4.78 is 13.4. The van der Waals surface area contributed by atoms with E-state index in [2.05, 4.69) is 23.5 Å². The summed E-state index contributed by atoms with van der Waals surface area (Å²) in [4.78, 5) is 0. The molecule has 0 amide bonds. The van der Waals surface area contributed by atoms with Gasteiger partial charge in [-0.05, 0) is 54.5 Å². The highest BCUT2D eigenvalue weighted by Gasteiger charge is 2.13. The van der Waals surface area contributed by atoms with Crippen molar-refractivity contribution < 1.29 is 4.39 Å². The molecule has 0 atom stereocenters. The Bertz CT molecular complexity index is 624. The Balaban J connectivity index is 1.80. The summed E-state index contributed by atoms with van der Waals surface area (Å²) >= 11 is 5.99. The lowest BCUT2D eigenvalue weighted by molar-refractivity contribution is 0.626. The minimum atomic E-state index is -0.360. The Morgan fingerprint density at radius 2 is 1.85 bits per heavy atom. The third-order valence-electron chi connectivity index (χ3n) is 3.90. The highest BCUT2D eigenvalue weighted by Crippen LogP contribution is 2.29. The second-order valence-electron chi connectivity index (χ2n) is 5.22. The number of halogens is 2. The Morgan fingerprint density at radius 3 is 2.75 bits per heavy atom. The maximum atomic E-state index is 13.4. The summed E-state index contributed by atoms with van der Waals surface area (Å²) in [6, 6.07) is 11.3. The van der Waals surface area contributed by atoms with Crippen molar-refractivity contribution >= 4 is 17.3 Å². The SMILES string of the molecule is Fc1cccc(CNc2cccc3c2CCCC3)c1Cl. The van der Waals surface area contributed by atoms with Crippen LogP contribution in [0.2, 0.25) is 5.02 Å². The van der Waals surface area contributed by atoms with E-state index in [0.29, 0.717) is 6.54 Å². The third-order valence-corrected chi connectivity index (χ3v) is 4.32. The van der Waals surface area contributed by atoms with E-state index in [1.807, 2.05) is 6.07 Å². The molecule has 104 valence electrons. The van der Waals surface area contributed by atoms with Gasteiger partial charge in [0.1, 0.15) is 5.82 Å². The predicted molar refractivity (Wildman–Crippen MR) is 81.8 cm³/mol. The first-order valence-corrected chi connectivity index (χ1v) is 7.41. The van der Waals surface area contributed by atoms with Crippen molar-refractivity contribution in [1.82, 2.24) is 0 Å². The van der Waals surface area contributed by atoms with Gasteiger partial charge in [-0.25, -0.2) is 4.39 Å². The third kappa shape index (κ3) is 2.66. The second kappa shape index (κ2) is 5.84. The van der Waals surface area contributed by atoms with Crippen LogP contribution in [0.15, 0.2) is 36.4 Å². The lowest BCUT2D eigenvalue weighted by Crippen LogP contribution is -2.08. The lowest BCUT2D eigenvalue weighted by atomic mass is 9.90. The van der Waals surface area contributed by atoms with Crippen LogP contribution in [0.1, 0.15) is 29.5 Å². The average molecular weight is 290 g/mol. The first kappa shape index (κ1) is 13.4. The minimum absolute atomic E-state index is 0.213. The molecule has 1 N–H and O–H groups in total. The molecule has 3 rings (SSSR count). The number of hydrogen-bond acceptors (Lipinski definition) is 1. The van der Waals surface area contributed by atoms with E-state index >= 15 is 0 Å². The van der Waals surface area contributed by atoms with E-state index in [1.54, 1.807) is 6.07 Å². The summed E-state index contributed by atoms with van der Waals surface area (Å²) in [5, 5.41) is 3.62. The van der Waals surface area contributed by atoms with Crippen LogP contribution in [-0.2, 0) is 19.4 Å². The van der Waals surface area contributed by atoms with Crippen LogP contribution in [0.25, 0.3) is 0 Å². The van der Waals surface area contributed by atoms with E-state index in [4.69, 9.17) is 11.6 Å². The van der Waals surface area contributed by atoms with Crippen molar-refractivity contribution in [3.05, 3.63) is 63.9 Å². The zero-order valence-corrected chi connectivity index (χ0v) is 12.0. The molecule has 0 radical (unpaired) electrons. The molecule has 0 fully saturated rings. The van der Waals surface area contributed by atoms with Gasteiger partial charge in [0.25, 0.3) is 0 Å². The van der Waals surface area contributed by atoms with Gasteiger partial charge < -0.3 is 5.32 Å². The molecular formula is C17H17ClFN. The second-order valence-corrected chi connectivity index (χ2v) is 5.59. The molecule has 3 heteroatoms. The summed E-state index contributed by atoms with van der Waals surface area (Å²) in [5.41, 5.74) is 4.79. The molecule has 1 nitrogen and oxygen atoms in total. The van der Waals surface area contributed by atoms with Gasteiger partial charge in [-0.2, -0.15) is 0 Å². The Labute approximate surface area is 123 Å². The Kier molecular flexibility index (Phi) is 3.93. The summed E-state index contributed by atoms with van der Waals surface area (Å²) in [6.45, 7) is 0.549. The predicted octanol–water partition coefficient (Wildman–Crippen LogP) is 4.97. The van der Waals surface area contributed by atoms with E-state index in [0.717, 1.165) is 24.1 Å². The molecule has 0 unspecified atom stereocenters. The van der Waals surface area contributed by atoms with Gasteiger partial charge in [-0.3, -0.25) is 0 Å². The van der Waals surface area contributed by atoms with E-state index < -0.39 is 0 Å². The zero-order chi connectivity index (χ0) is 13.9. The van der Waals surface area contributed by atoms with Gasteiger partial charge in [0.15, 0.2) is 0 Å². The van der Waals surface area contributed by atoms with Gasteiger partial charge in [-0.1, -0.05) is 35.9 Å². The first-order chi connectivity index (χ1) is 9.75. The maximum absolute atomic E-state index is 13.4. The molecular weight excluding hydrogens is 273 g/mol.